The molecule has 1 unspecified atom stereocenters. The lowest BCUT2D eigenvalue weighted by Crippen LogP contribution is -2.14. The number of hydrogen-bond donors (Lipinski definition) is 1. The Morgan fingerprint density at radius 2 is 2.27 bits per heavy atom. The Morgan fingerprint density at radius 3 is 2.87 bits per heavy atom. The molecule has 1 atom stereocenters. The van der Waals surface area contributed by atoms with E-state index >= 15 is 0 Å². The summed E-state index contributed by atoms with van der Waals surface area (Å²) >= 11 is 3.37. The Balaban J connectivity index is 2.36. The number of nitrogens with zero attached hydrogens (tertiary/aromatic N) is 2. The third-order valence-corrected chi connectivity index (χ3v) is 2.70. The van der Waals surface area contributed by atoms with Gasteiger partial charge in [0.2, 0.25) is 0 Å². The minimum Gasteiger partial charge on any atom is -0.466 e. The maximum absolute atomic E-state index is 6.02. The second kappa shape index (κ2) is 4.12. The first-order chi connectivity index (χ1) is 7.18. The van der Waals surface area contributed by atoms with Gasteiger partial charge in [0, 0.05) is 6.20 Å². The van der Waals surface area contributed by atoms with E-state index < -0.39 is 0 Å². The monoisotopic (exact) mass is 267 g/mol. The lowest BCUT2D eigenvalue weighted by atomic mass is 10.1. The van der Waals surface area contributed by atoms with Gasteiger partial charge in [-0.05, 0) is 35.0 Å². The molecule has 2 rings (SSSR count). The molecule has 2 aromatic heterocycles. The molecule has 0 saturated heterocycles. The summed E-state index contributed by atoms with van der Waals surface area (Å²) in [5.74, 6) is 1.37. The van der Waals surface area contributed by atoms with E-state index in [-0.39, 0.29) is 6.04 Å². The van der Waals surface area contributed by atoms with Crippen LogP contribution in [-0.4, -0.2) is 9.97 Å². The lowest BCUT2D eigenvalue weighted by Gasteiger charge is -2.08. The molecule has 2 heterocycles. The minimum atomic E-state index is -0.365. The van der Waals surface area contributed by atoms with Gasteiger partial charge in [0.25, 0.3) is 0 Å². The van der Waals surface area contributed by atoms with Crippen LogP contribution in [-0.2, 0) is 0 Å². The molecule has 0 aliphatic heterocycles. The van der Waals surface area contributed by atoms with Gasteiger partial charge in [-0.2, -0.15) is 0 Å². The average Bonchev–Trinajstić information content (AvgIpc) is 2.63. The van der Waals surface area contributed by atoms with Crippen molar-refractivity contribution in [3.8, 4) is 0 Å². The molecule has 4 nitrogen and oxygen atoms in total. The molecule has 0 aliphatic rings. The third kappa shape index (κ3) is 2.08. The van der Waals surface area contributed by atoms with Crippen LogP contribution in [0.15, 0.2) is 33.5 Å². The van der Waals surface area contributed by atoms with Crippen LogP contribution in [0.25, 0.3) is 0 Å². The number of furan rings is 1. The number of rotatable bonds is 2. The first-order valence-corrected chi connectivity index (χ1v) is 5.26. The fourth-order valence-corrected chi connectivity index (χ4v) is 1.76. The van der Waals surface area contributed by atoms with Crippen molar-refractivity contribution in [2.45, 2.75) is 13.0 Å². The zero-order valence-electron chi connectivity index (χ0n) is 8.14. The van der Waals surface area contributed by atoms with Gasteiger partial charge in [0.05, 0.1) is 16.4 Å². The topological polar surface area (TPSA) is 64.9 Å². The summed E-state index contributed by atoms with van der Waals surface area (Å²) in [5, 5.41) is 0. The van der Waals surface area contributed by atoms with E-state index in [4.69, 9.17) is 10.2 Å². The van der Waals surface area contributed by atoms with Gasteiger partial charge in [-0.25, -0.2) is 9.97 Å². The molecule has 15 heavy (non-hydrogen) atoms. The quantitative estimate of drug-likeness (QED) is 0.906. The summed E-state index contributed by atoms with van der Waals surface area (Å²) in [6.45, 7) is 1.83. The Bertz CT molecular complexity index is 469. The highest BCUT2D eigenvalue weighted by molar-refractivity contribution is 9.10. The maximum Gasteiger partial charge on any atom is 0.140 e. The van der Waals surface area contributed by atoms with Crippen LogP contribution in [0.4, 0.5) is 0 Å². The second-order valence-corrected chi connectivity index (χ2v) is 3.99. The standard InChI is InChI=1S/C10H10BrN3O/c1-6-13-4-2-8(14-6)9(12)10-7(11)3-5-15-10/h2-5,9H,12H2,1H3. The van der Waals surface area contributed by atoms with Crippen LogP contribution in [0, 0.1) is 6.92 Å². The first kappa shape index (κ1) is 10.3. The fourth-order valence-electron chi connectivity index (χ4n) is 1.31. The van der Waals surface area contributed by atoms with Crippen LogP contribution < -0.4 is 5.73 Å². The van der Waals surface area contributed by atoms with E-state index in [0.717, 1.165) is 10.2 Å². The molecule has 78 valence electrons. The molecular formula is C10H10BrN3O. The van der Waals surface area contributed by atoms with Crippen LogP contribution in [0.2, 0.25) is 0 Å². The normalized spacial score (nSPS) is 12.7. The third-order valence-electron chi connectivity index (χ3n) is 2.04. The molecule has 5 heteroatoms. The summed E-state index contributed by atoms with van der Waals surface area (Å²) < 4.78 is 6.14. The molecule has 2 N–H and O–H groups in total. The van der Waals surface area contributed by atoms with Crippen LogP contribution in [0.1, 0.15) is 23.3 Å². The van der Waals surface area contributed by atoms with Crippen molar-refractivity contribution in [3.05, 3.63) is 46.3 Å². The molecule has 0 fully saturated rings. The Labute approximate surface area is 95.7 Å². The highest BCUT2D eigenvalue weighted by Crippen LogP contribution is 2.26. The van der Waals surface area contributed by atoms with Crippen LogP contribution >= 0.6 is 15.9 Å². The first-order valence-electron chi connectivity index (χ1n) is 4.46. The highest BCUT2D eigenvalue weighted by atomic mass is 79.9. The zero-order chi connectivity index (χ0) is 10.8. The van der Waals surface area contributed by atoms with E-state index in [0.29, 0.717) is 11.6 Å². The van der Waals surface area contributed by atoms with Crippen molar-refractivity contribution in [3.63, 3.8) is 0 Å². The van der Waals surface area contributed by atoms with E-state index in [1.54, 1.807) is 18.5 Å². The fraction of sp³-hybridized carbons (Fsp3) is 0.200. The molecule has 0 radical (unpaired) electrons. The van der Waals surface area contributed by atoms with E-state index in [2.05, 4.69) is 25.9 Å². The van der Waals surface area contributed by atoms with Crippen molar-refractivity contribution in [2.75, 3.05) is 0 Å². The molecule has 2 aromatic rings. The Morgan fingerprint density at radius 1 is 1.47 bits per heavy atom. The van der Waals surface area contributed by atoms with Crippen LogP contribution in [0.5, 0.6) is 0 Å². The van der Waals surface area contributed by atoms with Gasteiger partial charge in [0.1, 0.15) is 17.6 Å². The van der Waals surface area contributed by atoms with Crippen molar-refractivity contribution in [1.82, 2.24) is 9.97 Å². The lowest BCUT2D eigenvalue weighted by molar-refractivity contribution is 0.483. The van der Waals surface area contributed by atoms with Gasteiger partial charge in [-0.3, -0.25) is 0 Å². The summed E-state index contributed by atoms with van der Waals surface area (Å²) in [6.07, 6.45) is 3.28. The molecule has 0 amide bonds. The van der Waals surface area contributed by atoms with E-state index in [1.807, 2.05) is 13.0 Å². The van der Waals surface area contributed by atoms with Gasteiger partial charge in [-0.15, -0.1) is 0 Å². The number of halogens is 1. The van der Waals surface area contributed by atoms with Gasteiger partial charge >= 0.3 is 0 Å². The highest BCUT2D eigenvalue weighted by Gasteiger charge is 2.16. The van der Waals surface area contributed by atoms with E-state index in [1.165, 1.54) is 0 Å². The van der Waals surface area contributed by atoms with Crippen LogP contribution in [0.3, 0.4) is 0 Å². The predicted octanol–water partition coefficient (Wildman–Crippen LogP) is 2.19. The molecule has 0 bridgehead atoms. The maximum atomic E-state index is 6.02. The van der Waals surface area contributed by atoms with Crippen molar-refractivity contribution < 1.29 is 4.42 Å². The van der Waals surface area contributed by atoms with Crippen molar-refractivity contribution in [2.24, 2.45) is 5.73 Å². The second-order valence-electron chi connectivity index (χ2n) is 3.14. The largest absolute Gasteiger partial charge is 0.466 e. The van der Waals surface area contributed by atoms with Gasteiger partial charge in [-0.1, -0.05) is 0 Å². The summed E-state index contributed by atoms with van der Waals surface area (Å²) in [6, 6.07) is 3.23. The smallest absolute Gasteiger partial charge is 0.140 e. The van der Waals surface area contributed by atoms with Crippen molar-refractivity contribution in [1.29, 1.82) is 0 Å². The molecule has 0 aromatic carbocycles. The van der Waals surface area contributed by atoms with Crippen molar-refractivity contribution >= 4 is 15.9 Å². The average molecular weight is 268 g/mol. The number of aromatic nitrogens is 2. The number of hydrogen-bond acceptors (Lipinski definition) is 4. The van der Waals surface area contributed by atoms with Gasteiger partial charge in [0.15, 0.2) is 0 Å². The number of nitrogens with two attached hydrogens (primary N) is 1. The molecule has 0 spiro atoms. The van der Waals surface area contributed by atoms with E-state index in [9.17, 15) is 0 Å². The summed E-state index contributed by atoms with van der Waals surface area (Å²) in [5.41, 5.74) is 6.76. The minimum absolute atomic E-state index is 0.365. The zero-order valence-corrected chi connectivity index (χ0v) is 9.73. The number of aryl methyl sites for hydroxylation is 1. The Kier molecular flexibility index (Phi) is 2.83. The summed E-state index contributed by atoms with van der Waals surface area (Å²) in [7, 11) is 0. The molecule has 0 saturated carbocycles. The SMILES string of the molecule is Cc1nccc(C(N)c2occc2Br)n1. The Hall–Kier alpha value is -1.20. The molecule has 0 aliphatic carbocycles. The predicted molar refractivity (Wildman–Crippen MR) is 59.2 cm³/mol. The summed E-state index contributed by atoms with van der Waals surface area (Å²) in [4.78, 5) is 8.27. The van der Waals surface area contributed by atoms with Gasteiger partial charge < -0.3 is 10.2 Å². The molecular weight excluding hydrogens is 258 g/mol.